The number of halogens is 1. The second-order valence-corrected chi connectivity index (χ2v) is 4.59. The van der Waals surface area contributed by atoms with Crippen LogP contribution in [0.1, 0.15) is 12.8 Å². The van der Waals surface area contributed by atoms with E-state index in [9.17, 15) is 10.1 Å². The number of aromatic nitrogens is 2. The summed E-state index contributed by atoms with van der Waals surface area (Å²) in [6.45, 7) is 1.17. The second-order valence-electron chi connectivity index (χ2n) is 4.18. The van der Waals surface area contributed by atoms with Gasteiger partial charge in [0.1, 0.15) is 5.75 Å². The topological polar surface area (TPSA) is 70.2 Å². The van der Waals surface area contributed by atoms with E-state index < -0.39 is 4.92 Å². The normalized spacial score (nSPS) is 10.4. The van der Waals surface area contributed by atoms with Gasteiger partial charge in [-0.15, -0.1) is 0 Å². The van der Waals surface area contributed by atoms with E-state index in [2.05, 4.69) is 5.10 Å². The van der Waals surface area contributed by atoms with Crippen LogP contribution in [0.3, 0.4) is 0 Å². The number of ether oxygens (including phenoxy) is 1. The summed E-state index contributed by atoms with van der Waals surface area (Å²) in [4.78, 5) is 9.97. The van der Waals surface area contributed by atoms with Crippen molar-refractivity contribution in [3.63, 3.8) is 0 Å². The summed E-state index contributed by atoms with van der Waals surface area (Å²) in [5, 5.41) is 14.9. The molecule has 2 aromatic rings. The summed E-state index contributed by atoms with van der Waals surface area (Å²) in [6, 6.07) is 8.70. The Hall–Kier alpha value is -2.08. The lowest BCUT2D eigenvalue weighted by molar-refractivity contribution is -0.389. The molecule has 2 rings (SSSR count). The predicted octanol–water partition coefficient (Wildman–Crippen LogP) is 3.30. The van der Waals surface area contributed by atoms with E-state index in [1.165, 1.54) is 6.07 Å². The zero-order valence-electron chi connectivity index (χ0n) is 10.7. The van der Waals surface area contributed by atoms with Gasteiger partial charge in [0.05, 0.1) is 35.5 Å². The highest BCUT2D eigenvalue weighted by atomic mass is 35.5. The minimum Gasteiger partial charge on any atom is -0.492 e. The SMILES string of the molecule is O=[N+]([O-])c1ccn(CCCCOc2ccccc2Cl)n1. The molecule has 20 heavy (non-hydrogen) atoms. The van der Waals surface area contributed by atoms with Crippen molar-refractivity contribution in [1.82, 2.24) is 9.78 Å². The van der Waals surface area contributed by atoms with Gasteiger partial charge < -0.3 is 14.9 Å². The largest absolute Gasteiger partial charge is 0.492 e. The van der Waals surface area contributed by atoms with E-state index in [0.717, 1.165) is 12.8 Å². The highest BCUT2D eigenvalue weighted by Crippen LogP contribution is 2.23. The van der Waals surface area contributed by atoms with Crippen LogP contribution >= 0.6 is 11.6 Å². The monoisotopic (exact) mass is 295 g/mol. The van der Waals surface area contributed by atoms with Crippen LogP contribution in [0.5, 0.6) is 5.75 Å². The van der Waals surface area contributed by atoms with Crippen LogP contribution in [-0.4, -0.2) is 21.3 Å². The fourth-order valence-electron chi connectivity index (χ4n) is 1.69. The molecule has 0 aliphatic heterocycles. The van der Waals surface area contributed by atoms with Gasteiger partial charge in [0, 0.05) is 0 Å². The molecule has 0 N–H and O–H groups in total. The summed E-state index contributed by atoms with van der Waals surface area (Å²) in [5.41, 5.74) is 0. The number of para-hydroxylation sites is 1. The molecule has 0 amide bonds. The summed E-state index contributed by atoms with van der Waals surface area (Å²) >= 11 is 5.96. The molecule has 6 nitrogen and oxygen atoms in total. The Morgan fingerprint density at radius 3 is 2.80 bits per heavy atom. The third kappa shape index (κ3) is 3.96. The van der Waals surface area contributed by atoms with Crippen LogP contribution < -0.4 is 4.74 Å². The van der Waals surface area contributed by atoms with Crippen molar-refractivity contribution < 1.29 is 9.66 Å². The van der Waals surface area contributed by atoms with E-state index in [1.54, 1.807) is 16.9 Å². The fraction of sp³-hybridized carbons (Fsp3) is 0.308. The van der Waals surface area contributed by atoms with Gasteiger partial charge in [-0.2, -0.15) is 4.68 Å². The Kier molecular flexibility index (Phi) is 4.95. The lowest BCUT2D eigenvalue weighted by Crippen LogP contribution is -2.03. The van der Waals surface area contributed by atoms with Gasteiger partial charge in [0.25, 0.3) is 0 Å². The number of nitrogens with zero attached hydrogens (tertiary/aromatic N) is 3. The van der Waals surface area contributed by atoms with Gasteiger partial charge in [0.15, 0.2) is 0 Å². The maximum absolute atomic E-state index is 10.5. The number of nitro groups is 1. The fourth-order valence-corrected chi connectivity index (χ4v) is 1.88. The van der Waals surface area contributed by atoms with E-state index in [0.29, 0.717) is 23.9 Å². The molecule has 1 aromatic carbocycles. The molecule has 0 bridgehead atoms. The number of aryl methyl sites for hydroxylation is 1. The molecule has 0 fully saturated rings. The van der Waals surface area contributed by atoms with E-state index in [1.807, 2.05) is 18.2 Å². The summed E-state index contributed by atoms with van der Waals surface area (Å²) in [6.07, 6.45) is 3.25. The standard InChI is InChI=1S/C13H14ClN3O3/c14-11-5-1-2-6-12(11)20-10-4-3-8-16-9-7-13(15-16)17(18)19/h1-2,5-7,9H,3-4,8,10H2. The molecule has 0 saturated heterocycles. The molecule has 0 spiro atoms. The molecule has 0 aliphatic rings. The lowest BCUT2D eigenvalue weighted by atomic mass is 10.3. The third-order valence-corrected chi connectivity index (χ3v) is 3.00. The first kappa shape index (κ1) is 14.3. The zero-order valence-corrected chi connectivity index (χ0v) is 11.5. The second kappa shape index (κ2) is 6.91. The third-order valence-electron chi connectivity index (χ3n) is 2.69. The van der Waals surface area contributed by atoms with Crippen LogP contribution in [0.4, 0.5) is 5.82 Å². The van der Waals surface area contributed by atoms with Crippen LogP contribution in [0.2, 0.25) is 5.02 Å². The zero-order chi connectivity index (χ0) is 14.4. The molecular weight excluding hydrogens is 282 g/mol. The Labute approximate surface area is 121 Å². The van der Waals surface area contributed by atoms with Crippen LogP contribution in [0.15, 0.2) is 36.5 Å². The van der Waals surface area contributed by atoms with Gasteiger partial charge in [-0.1, -0.05) is 23.7 Å². The van der Waals surface area contributed by atoms with Crippen molar-refractivity contribution in [2.24, 2.45) is 0 Å². The summed E-state index contributed by atoms with van der Waals surface area (Å²) in [7, 11) is 0. The summed E-state index contributed by atoms with van der Waals surface area (Å²) < 4.78 is 7.11. The maximum atomic E-state index is 10.5. The van der Waals surface area contributed by atoms with Gasteiger partial charge in [-0.3, -0.25) is 0 Å². The minimum absolute atomic E-state index is 0.127. The maximum Gasteiger partial charge on any atom is 0.389 e. The molecule has 0 saturated carbocycles. The molecule has 0 unspecified atom stereocenters. The van der Waals surface area contributed by atoms with Crippen LogP contribution in [0, 0.1) is 10.1 Å². The number of unbranched alkanes of at least 4 members (excludes halogenated alkanes) is 1. The first-order chi connectivity index (χ1) is 9.66. The number of rotatable bonds is 7. The van der Waals surface area contributed by atoms with Crippen molar-refractivity contribution in [2.45, 2.75) is 19.4 Å². The smallest absolute Gasteiger partial charge is 0.389 e. The number of hydrogen-bond acceptors (Lipinski definition) is 4. The number of benzene rings is 1. The average molecular weight is 296 g/mol. The Bertz CT molecular complexity index is 586. The van der Waals surface area contributed by atoms with Crippen molar-refractivity contribution in [3.8, 4) is 5.75 Å². The quantitative estimate of drug-likeness (QED) is 0.446. The number of hydrogen-bond donors (Lipinski definition) is 0. The molecule has 106 valence electrons. The van der Waals surface area contributed by atoms with E-state index in [4.69, 9.17) is 16.3 Å². The summed E-state index contributed by atoms with van der Waals surface area (Å²) in [5.74, 6) is 0.543. The van der Waals surface area contributed by atoms with Crippen LogP contribution in [-0.2, 0) is 6.54 Å². The predicted molar refractivity (Wildman–Crippen MR) is 75.1 cm³/mol. The molecule has 0 aliphatic carbocycles. The van der Waals surface area contributed by atoms with Gasteiger partial charge in [-0.05, 0) is 29.9 Å². The molecule has 0 atom stereocenters. The van der Waals surface area contributed by atoms with Crippen molar-refractivity contribution in [1.29, 1.82) is 0 Å². The molecular formula is C13H14ClN3O3. The molecule has 7 heteroatoms. The first-order valence-corrected chi connectivity index (χ1v) is 6.60. The van der Waals surface area contributed by atoms with Crippen molar-refractivity contribution in [3.05, 3.63) is 51.7 Å². The Morgan fingerprint density at radius 2 is 2.10 bits per heavy atom. The first-order valence-electron chi connectivity index (χ1n) is 6.22. The highest BCUT2D eigenvalue weighted by Gasteiger charge is 2.09. The van der Waals surface area contributed by atoms with E-state index in [-0.39, 0.29) is 5.82 Å². The highest BCUT2D eigenvalue weighted by molar-refractivity contribution is 6.32. The molecule has 0 radical (unpaired) electrons. The van der Waals surface area contributed by atoms with Gasteiger partial charge in [-0.25, -0.2) is 0 Å². The van der Waals surface area contributed by atoms with E-state index >= 15 is 0 Å². The van der Waals surface area contributed by atoms with Gasteiger partial charge >= 0.3 is 5.82 Å². The van der Waals surface area contributed by atoms with Crippen molar-refractivity contribution >= 4 is 17.4 Å². The average Bonchev–Trinajstić information content (AvgIpc) is 2.89. The lowest BCUT2D eigenvalue weighted by Gasteiger charge is -2.06. The molecule has 1 heterocycles. The van der Waals surface area contributed by atoms with Gasteiger partial charge in [0.2, 0.25) is 0 Å². The molecule has 1 aromatic heterocycles. The Balaban J connectivity index is 1.69. The van der Waals surface area contributed by atoms with Crippen molar-refractivity contribution in [2.75, 3.05) is 6.61 Å². The Morgan fingerprint density at radius 1 is 1.30 bits per heavy atom. The minimum atomic E-state index is -0.503. The van der Waals surface area contributed by atoms with Crippen LogP contribution in [0.25, 0.3) is 0 Å².